The Bertz CT molecular complexity index is 765. The minimum atomic E-state index is 0.656. The second-order valence-corrected chi connectivity index (χ2v) is 6.38. The number of hydrogen-bond donors (Lipinski definition) is 0. The van der Waals surface area contributed by atoms with E-state index in [0.717, 1.165) is 11.4 Å². The molecule has 0 radical (unpaired) electrons. The van der Waals surface area contributed by atoms with Crippen LogP contribution in [-0.4, -0.2) is 0 Å². The van der Waals surface area contributed by atoms with E-state index in [-0.39, 0.29) is 0 Å². The van der Waals surface area contributed by atoms with E-state index in [9.17, 15) is 0 Å². The van der Waals surface area contributed by atoms with Crippen LogP contribution in [0.15, 0.2) is 48.1 Å². The predicted molar refractivity (Wildman–Crippen MR) is 87.1 cm³/mol. The molecule has 100 valence electrons. The van der Waals surface area contributed by atoms with Crippen LogP contribution in [-0.2, 0) is 6.42 Å². The van der Waals surface area contributed by atoms with Gasteiger partial charge in [0.05, 0.1) is 0 Å². The van der Waals surface area contributed by atoms with Crippen molar-refractivity contribution in [3.63, 3.8) is 0 Å². The lowest BCUT2D eigenvalue weighted by Gasteiger charge is -2.30. The van der Waals surface area contributed by atoms with Crippen molar-refractivity contribution < 1.29 is 0 Å². The molecule has 0 spiro atoms. The van der Waals surface area contributed by atoms with Crippen molar-refractivity contribution in [2.24, 2.45) is 5.92 Å². The van der Waals surface area contributed by atoms with Crippen molar-refractivity contribution in [1.82, 2.24) is 0 Å². The van der Waals surface area contributed by atoms with Crippen molar-refractivity contribution in [2.75, 3.05) is 0 Å². The fraction of sp³-hybridized carbons (Fsp3) is 0.263. The number of halogens is 1. The fourth-order valence-corrected chi connectivity index (χ4v) is 3.90. The Morgan fingerprint density at radius 3 is 2.95 bits per heavy atom. The number of rotatable bonds is 0. The molecule has 1 unspecified atom stereocenters. The summed E-state index contributed by atoms with van der Waals surface area (Å²) in [6, 6.07) is 10.8. The summed E-state index contributed by atoms with van der Waals surface area (Å²) in [5, 5.41) is 3.44. The SMILES string of the molecule is CC1Cc2c(ccc3cc(Cl)ccc23)C2=C1CCC=C2. The van der Waals surface area contributed by atoms with Gasteiger partial charge in [0.1, 0.15) is 0 Å². The highest BCUT2D eigenvalue weighted by atomic mass is 35.5. The van der Waals surface area contributed by atoms with Gasteiger partial charge in [-0.25, -0.2) is 0 Å². The standard InChI is InChI=1S/C19H17Cl/c1-12-10-19-16-9-7-14(20)11-13(16)6-8-18(19)17-5-3-2-4-15(12)17/h3,5-9,11-12H,2,4,10H2,1H3. The van der Waals surface area contributed by atoms with Gasteiger partial charge in [-0.15, -0.1) is 0 Å². The van der Waals surface area contributed by atoms with Crippen LogP contribution >= 0.6 is 11.6 Å². The van der Waals surface area contributed by atoms with Gasteiger partial charge < -0.3 is 0 Å². The smallest absolute Gasteiger partial charge is 0.0412 e. The zero-order chi connectivity index (χ0) is 13.7. The quantitative estimate of drug-likeness (QED) is 0.573. The largest absolute Gasteiger partial charge is 0.0843 e. The summed E-state index contributed by atoms with van der Waals surface area (Å²) in [4.78, 5) is 0. The minimum Gasteiger partial charge on any atom is -0.0843 e. The van der Waals surface area contributed by atoms with Gasteiger partial charge in [0.25, 0.3) is 0 Å². The second-order valence-electron chi connectivity index (χ2n) is 5.94. The summed E-state index contributed by atoms with van der Waals surface area (Å²) in [6.45, 7) is 2.37. The van der Waals surface area contributed by atoms with Gasteiger partial charge in [-0.2, -0.15) is 0 Å². The first-order chi connectivity index (χ1) is 9.74. The van der Waals surface area contributed by atoms with Crippen LogP contribution in [0.4, 0.5) is 0 Å². The first-order valence-corrected chi connectivity index (χ1v) is 7.73. The van der Waals surface area contributed by atoms with E-state index in [1.54, 1.807) is 5.57 Å². The lowest BCUT2D eigenvalue weighted by molar-refractivity contribution is 0.634. The topological polar surface area (TPSA) is 0 Å². The lowest BCUT2D eigenvalue weighted by Crippen LogP contribution is -2.15. The molecule has 0 fully saturated rings. The van der Waals surface area contributed by atoms with Crippen molar-refractivity contribution in [1.29, 1.82) is 0 Å². The summed E-state index contributed by atoms with van der Waals surface area (Å²) < 4.78 is 0. The van der Waals surface area contributed by atoms with Crippen LogP contribution in [0.3, 0.4) is 0 Å². The predicted octanol–water partition coefficient (Wildman–Crippen LogP) is 5.79. The number of fused-ring (bicyclic) bond motifs is 4. The molecule has 0 heterocycles. The van der Waals surface area contributed by atoms with E-state index >= 15 is 0 Å². The maximum atomic E-state index is 6.12. The molecule has 0 N–H and O–H groups in total. The number of hydrogen-bond acceptors (Lipinski definition) is 0. The molecule has 0 aliphatic heterocycles. The second kappa shape index (κ2) is 4.49. The normalized spacial score (nSPS) is 21.0. The molecule has 0 aromatic heterocycles. The molecule has 0 saturated carbocycles. The van der Waals surface area contributed by atoms with Crippen LogP contribution in [0.1, 0.15) is 30.9 Å². The van der Waals surface area contributed by atoms with E-state index in [4.69, 9.17) is 11.6 Å². The highest BCUT2D eigenvalue weighted by molar-refractivity contribution is 6.31. The van der Waals surface area contributed by atoms with Gasteiger partial charge in [-0.1, -0.05) is 54.4 Å². The summed E-state index contributed by atoms with van der Waals surface area (Å²) in [7, 11) is 0. The Hall–Kier alpha value is -1.53. The van der Waals surface area contributed by atoms with Gasteiger partial charge in [0.15, 0.2) is 0 Å². The van der Waals surface area contributed by atoms with Crippen LogP contribution in [0.5, 0.6) is 0 Å². The first kappa shape index (κ1) is 12.2. The first-order valence-electron chi connectivity index (χ1n) is 7.35. The molecule has 4 rings (SSSR count). The molecule has 0 saturated heterocycles. The van der Waals surface area contributed by atoms with Crippen LogP contribution in [0, 0.1) is 5.92 Å². The summed E-state index contributed by atoms with van der Waals surface area (Å²) in [5.74, 6) is 0.656. The monoisotopic (exact) mass is 280 g/mol. The summed E-state index contributed by atoms with van der Waals surface area (Å²) in [5.41, 5.74) is 6.05. The Morgan fingerprint density at radius 2 is 2.05 bits per heavy atom. The summed E-state index contributed by atoms with van der Waals surface area (Å²) >= 11 is 6.12. The molecular weight excluding hydrogens is 264 g/mol. The van der Waals surface area contributed by atoms with Crippen molar-refractivity contribution in [2.45, 2.75) is 26.2 Å². The molecule has 2 aliphatic carbocycles. The fourth-order valence-electron chi connectivity index (χ4n) is 3.72. The van der Waals surface area contributed by atoms with Gasteiger partial charge >= 0.3 is 0 Å². The zero-order valence-corrected chi connectivity index (χ0v) is 12.4. The minimum absolute atomic E-state index is 0.656. The van der Waals surface area contributed by atoms with E-state index in [0.29, 0.717) is 5.92 Å². The average molecular weight is 281 g/mol. The van der Waals surface area contributed by atoms with E-state index < -0.39 is 0 Å². The Kier molecular flexibility index (Phi) is 2.75. The third-order valence-electron chi connectivity index (χ3n) is 4.70. The number of allylic oxidation sites excluding steroid dienone is 4. The van der Waals surface area contributed by atoms with Gasteiger partial charge in [0, 0.05) is 5.02 Å². The molecule has 1 heteroatoms. The zero-order valence-electron chi connectivity index (χ0n) is 11.6. The van der Waals surface area contributed by atoms with Gasteiger partial charge in [-0.05, 0) is 64.8 Å². The highest BCUT2D eigenvalue weighted by Crippen LogP contribution is 2.42. The van der Waals surface area contributed by atoms with E-state index in [2.05, 4.69) is 43.3 Å². The molecular formula is C19H17Cl. The van der Waals surface area contributed by atoms with Gasteiger partial charge in [-0.3, -0.25) is 0 Å². The van der Waals surface area contributed by atoms with Crippen molar-refractivity contribution in [3.8, 4) is 0 Å². The van der Waals surface area contributed by atoms with E-state index in [1.807, 2.05) is 6.07 Å². The Balaban J connectivity index is 2.02. The Labute approximate surface area is 124 Å². The molecule has 2 aliphatic rings. The molecule has 0 amide bonds. The average Bonchev–Trinajstić information content (AvgIpc) is 2.47. The van der Waals surface area contributed by atoms with Gasteiger partial charge in [0.2, 0.25) is 0 Å². The Morgan fingerprint density at radius 1 is 1.15 bits per heavy atom. The van der Waals surface area contributed by atoms with Crippen LogP contribution in [0.2, 0.25) is 5.02 Å². The van der Waals surface area contributed by atoms with Crippen LogP contribution in [0.25, 0.3) is 16.3 Å². The van der Waals surface area contributed by atoms with Crippen LogP contribution < -0.4 is 0 Å². The van der Waals surface area contributed by atoms with Crippen molar-refractivity contribution in [3.05, 3.63) is 64.2 Å². The van der Waals surface area contributed by atoms with E-state index in [1.165, 1.54) is 40.3 Å². The molecule has 2 aromatic carbocycles. The molecule has 0 bridgehead atoms. The molecule has 0 nitrogen and oxygen atoms in total. The number of benzene rings is 2. The molecule has 2 aromatic rings. The lowest BCUT2D eigenvalue weighted by atomic mass is 9.74. The molecule has 1 atom stereocenters. The molecule has 20 heavy (non-hydrogen) atoms. The highest BCUT2D eigenvalue weighted by Gasteiger charge is 2.25. The third-order valence-corrected chi connectivity index (χ3v) is 4.93. The summed E-state index contributed by atoms with van der Waals surface area (Å²) in [6.07, 6.45) is 8.22. The van der Waals surface area contributed by atoms with Crippen molar-refractivity contribution >= 4 is 27.9 Å². The third kappa shape index (κ3) is 1.75. The maximum Gasteiger partial charge on any atom is 0.0412 e. The maximum absolute atomic E-state index is 6.12.